The SMILES string of the molecule is N[C@H]1CCN(C(=O)c2cn[nH]c2-c2ccc(F)c(Cl)c2)C1. The topological polar surface area (TPSA) is 75.0 Å². The second-order valence-electron chi connectivity index (χ2n) is 5.09. The highest BCUT2D eigenvalue weighted by Gasteiger charge is 2.27. The summed E-state index contributed by atoms with van der Waals surface area (Å²) in [6.07, 6.45) is 2.26. The van der Waals surface area contributed by atoms with E-state index >= 15 is 0 Å². The predicted molar refractivity (Wildman–Crippen MR) is 77.5 cm³/mol. The lowest BCUT2D eigenvalue weighted by molar-refractivity contribution is 0.0791. The fourth-order valence-electron chi connectivity index (χ4n) is 2.46. The quantitative estimate of drug-likeness (QED) is 0.891. The molecule has 3 rings (SSSR count). The first-order valence-electron chi connectivity index (χ1n) is 6.60. The van der Waals surface area contributed by atoms with Crippen molar-refractivity contribution >= 4 is 17.5 Å². The van der Waals surface area contributed by atoms with Crippen LogP contribution in [0.2, 0.25) is 5.02 Å². The fourth-order valence-corrected chi connectivity index (χ4v) is 2.64. The first-order chi connectivity index (χ1) is 10.1. The van der Waals surface area contributed by atoms with Gasteiger partial charge in [0.2, 0.25) is 0 Å². The highest BCUT2D eigenvalue weighted by atomic mass is 35.5. The van der Waals surface area contributed by atoms with Crippen molar-refractivity contribution in [2.45, 2.75) is 12.5 Å². The Morgan fingerprint density at radius 2 is 2.33 bits per heavy atom. The molecule has 1 aliphatic rings. The molecule has 0 unspecified atom stereocenters. The van der Waals surface area contributed by atoms with Gasteiger partial charge in [0, 0.05) is 24.7 Å². The molecule has 5 nitrogen and oxygen atoms in total. The molecule has 0 bridgehead atoms. The van der Waals surface area contributed by atoms with Crippen LogP contribution in [0.4, 0.5) is 4.39 Å². The maximum Gasteiger partial charge on any atom is 0.257 e. The molecule has 110 valence electrons. The minimum absolute atomic E-state index is 0.00342. The summed E-state index contributed by atoms with van der Waals surface area (Å²) in [5, 5.41) is 6.70. The summed E-state index contributed by atoms with van der Waals surface area (Å²) in [6, 6.07) is 4.31. The summed E-state index contributed by atoms with van der Waals surface area (Å²) in [5.74, 6) is -0.634. The van der Waals surface area contributed by atoms with Crippen molar-refractivity contribution in [3.63, 3.8) is 0 Å². The molecule has 2 heterocycles. The van der Waals surface area contributed by atoms with Gasteiger partial charge in [0.25, 0.3) is 5.91 Å². The van der Waals surface area contributed by atoms with Gasteiger partial charge in [-0.3, -0.25) is 9.89 Å². The second-order valence-corrected chi connectivity index (χ2v) is 5.49. The van der Waals surface area contributed by atoms with Crippen molar-refractivity contribution in [3.8, 4) is 11.3 Å². The number of hydrogen-bond acceptors (Lipinski definition) is 3. The van der Waals surface area contributed by atoms with Crippen LogP contribution in [0.5, 0.6) is 0 Å². The number of carbonyl (C=O) groups is 1. The highest BCUT2D eigenvalue weighted by Crippen LogP contribution is 2.27. The van der Waals surface area contributed by atoms with Crippen LogP contribution in [-0.4, -0.2) is 40.1 Å². The average molecular weight is 309 g/mol. The highest BCUT2D eigenvalue weighted by molar-refractivity contribution is 6.31. The number of carbonyl (C=O) groups excluding carboxylic acids is 1. The van der Waals surface area contributed by atoms with Gasteiger partial charge < -0.3 is 10.6 Å². The van der Waals surface area contributed by atoms with Crippen LogP contribution in [0, 0.1) is 5.82 Å². The van der Waals surface area contributed by atoms with Gasteiger partial charge >= 0.3 is 0 Å². The molecule has 21 heavy (non-hydrogen) atoms. The van der Waals surface area contributed by atoms with E-state index < -0.39 is 5.82 Å². The molecule has 1 atom stereocenters. The van der Waals surface area contributed by atoms with Crippen LogP contribution in [0.1, 0.15) is 16.8 Å². The normalized spacial score (nSPS) is 18.2. The van der Waals surface area contributed by atoms with Crippen molar-refractivity contribution in [2.24, 2.45) is 5.73 Å². The molecule has 1 aromatic heterocycles. The van der Waals surface area contributed by atoms with Crippen molar-refractivity contribution < 1.29 is 9.18 Å². The molecule has 1 aliphatic heterocycles. The summed E-state index contributed by atoms with van der Waals surface area (Å²) in [7, 11) is 0. The van der Waals surface area contributed by atoms with Crippen molar-refractivity contribution in [3.05, 3.63) is 40.8 Å². The fraction of sp³-hybridized carbons (Fsp3) is 0.286. The lowest BCUT2D eigenvalue weighted by atomic mass is 10.1. The van der Waals surface area contributed by atoms with Crippen LogP contribution in [0.25, 0.3) is 11.3 Å². The number of halogens is 2. The molecule has 1 aromatic carbocycles. The summed E-state index contributed by atoms with van der Waals surface area (Å²) in [6.45, 7) is 1.17. The molecule has 1 amide bonds. The van der Waals surface area contributed by atoms with E-state index in [1.54, 1.807) is 11.0 Å². The molecule has 3 N–H and O–H groups in total. The Balaban J connectivity index is 1.93. The number of nitrogens with zero attached hydrogens (tertiary/aromatic N) is 2. The maximum atomic E-state index is 13.2. The monoisotopic (exact) mass is 308 g/mol. The number of nitrogens with one attached hydrogen (secondary N) is 1. The van der Waals surface area contributed by atoms with Crippen molar-refractivity contribution in [2.75, 3.05) is 13.1 Å². The molecule has 2 aromatic rings. The number of benzene rings is 1. The molecule has 7 heteroatoms. The number of hydrogen-bond donors (Lipinski definition) is 2. The number of H-pyrrole nitrogens is 1. The summed E-state index contributed by atoms with van der Waals surface area (Å²) >= 11 is 5.79. The summed E-state index contributed by atoms with van der Waals surface area (Å²) in [5.41, 5.74) is 7.41. The number of rotatable bonds is 2. The Bertz CT molecular complexity index is 687. The molecule has 1 saturated heterocycles. The van der Waals surface area contributed by atoms with E-state index in [1.807, 2.05) is 0 Å². The summed E-state index contributed by atoms with van der Waals surface area (Å²) in [4.78, 5) is 14.2. The summed E-state index contributed by atoms with van der Waals surface area (Å²) < 4.78 is 13.2. The lowest BCUT2D eigenvalue weighted by Gasteiger charge is -2.15. The zero-order chi connectivity index (χ0) is 15.0. The van der Waals surface area contributed by atoms with Gasteiger partial charge in [-0.25, -0.2) is 4.39 Å². The van der Waals surface area contributed by atoms with Gasteiger partial charge in [-0.2, -0.15) is 5.10 Å². The van der Waals surface area contributed by atoms with E-state index in [4.69, 9.17) is 17.3 Å². The predicted octanol–water partition coefficient (Wildman–Crippen LogP) is 2.04. The van der Waals surface area contributed by atoms with Crippen molar-refractivity contribution in [1.29, 1.82) is 0 Å². The number of aromatic amines is 1. The number of nitrogens with two attached hydrogens (primary N) is 1. The number of amides is 1. The smallest absolute Gasteiger partial charge is 0.257 e. The Morgan fingerprint density at radius 3 is 3.00 bits per heavy atom. The third-order valence-corrected chi connectivity index (χ3v) is 3.88. The van der Waals surface area contributed by atoms with Crippen LogP contribution < -0.4 is 5.73 Å². The van der Waals surface area contributed by atoms with Gasteiger partial charge in [-0.1, -0.05) is 11.6 Å². The lowest BCUT2D eigenvalue weighted by Crippen LogP contribution is -2.31. The average Bonchev–Trinajstić information content (AvgIpc) is 3.10. The minimum atomic E-state index is -0.502. The van der Waals surface area contributed by atoms with E-state index in [2.05, 4.69) is 10.2 Å². The Kier molecular flexibility index (Phi) is 3.65. The number of likely N-dealkylation sites (tertiary alicyclic amines) is 1. The molecular formula is C14H14ClFN4O. The van der Waals surface area contributed by atoms with Gasteiger partial charge in [-0.15, -0.1) is 0 Å². The van der Waals surface area contributed by atoms with E-state index in [-0.39, 0.29) is 17.0 Å². The maximum absolute atomic E-state index is 13.2. The zero-order valence-electron chi connectivity index (χ0n) is 11.1. The van der Waals surface area contributed by atoms with Gasteiger partial charge in [0.15, 0.2) is 0 Å². The molecule has 0 spiro atoms. The Labute approximate surface area is 125 Å². The van der Waals surface area contributed by atoms with Crippen LogP contribution in [0.15, 0.2) is 24.4 Å². The van der Waals surface area contributed by atoms with Crippen LogP contribution >= 0.6 is 11.6 Å². The van der Waals surface area contributed by atoms with E-state index in [0.29, 0.717) is 29.9 Å². The first-order valence-corrected chi connectivity index (χ1v) is 6.97. The Hall–Kier alpha value is -1.92. The minimum Gasteiger partial charge on any atom is -0.337 e. The second kappa shape index (κ2) is 5.46. The third-order valence-electron chi connectivity index (χ3n) is 3.59. The van der Waals surface area contributed by atoms with Crippen LogP contribution in [0.3, 0.4) is 0 Å². The number of aromatic nitrogens is 2. The Morgan fingerprint density at radius 1 is 1.52 bits per heavy atom. The third kappa shape index (κ3) is 2.64. The van der Waals surface area contributed by atoms with E-state index in [9.17, 15) is 9.18 Å². The molecule has 0 saturated carbocycles. The van der Waals surface area contributed by atoms with E-state index in [1.165, 1.54) is 18.3 Å². The molecule has 0 aliphatic carbocycles. The molecule has 0 radical (unpaired) electrons. The zero-order valence-corrected chi connectivity index (χ0v) is 11.9. The molecule has 1 fully saturated rings. The standard InChI is InChI=1S/C14H14ClFN4O/c15-11-5-8(1-2-12(11)16)13-10(6-18-19-13)14(21)20-4-3-9(17)7-20/h1-2,5-6,9H,3-4,7,17H2,(H,18,19)/t9-/m0/s1. The van der Waals surface area contributed by atoms with Gasteiger partial charge in [0.1, 0.15) is 5.82 Å². The molecular weight excluding hydrogens is 295 g/mol. The van der Waals surface area contributed by atoms with Crippen LogP contribution in [-0.2, 0) is 0 Å². The first kappa shape index (κ1) is 14.0. The van der Waals surface area contributed by atoms with E-state index in [0.717, 1.165) is 6.42 Å². The van der Waals surface area contributed by atoms with Crippen molar-refractivity contribution in [1.82, 2.24) is 15.1 Å². The largest absolute Gasteiger partial charge is 0.337 e. The van der Waals surface area contributed by atoms with Gasteiger partial charge in [-0.05, 0) is 24.6 Å². The van der Waals surface area contributed by atoms with Gasteiger partial charge in [0.05, 0.1) is 22.5 Å².